The Hall–Kier alpha value is -0.540. The molecule has 0 saturated carbocycles. The first-order valence-corrected chi connectivity index (χ1v) is 22.7. The zero-order valence-electron chi connectivity index (χ0n) is 32.8. The molecule has 0 aliphatic carbocycles. The number of nitrogens with two attached hydrogens (primary N) is 1. The van der Waals surface area contributed by atoms with Crippen LogP contribution in [0.2, 0.25) is 0 Å². The van der Waals surface area contributed by atoms with Crippen LogP contribution in [0.5, 0.6) is 0 Å². The highest BCUT2D eigenvalue weighted by molar-refractivity contribution is 7.47. The first-order chi connectivity index (χ1) is 24.3. The maximum atomic E-state index is 12.8. The largest absolute Gasteiger partial charge is 0.472 e. The lowest BCUT2D eigenvalue weighted by molar-refractivity contribution is -0.125. The SMILES string of the molecule is CCCCCCCCCCCCCCCCCCCC(O)CC(=O)NC(COP(=O)(O)OCCN)C(O)CCCCCCCCCCCCC. The van der Waals surface area contributed by atoms with Gasteiger partial charge < -0.3 is 26.2 Å². The molecule has 0 radical (unpaired) electrons. The molecule has 6 N–H and O–H groups in total. The molecule has 300 valence electrons. The summed E-state index contributed by atoms with van der Waals surface area (Å²) in [5.74, 6) is -0.410. The summed E-state index contributed by atoms with van der Waals surface area (Å²) in [5, 5.41) is 24.1. The molecule has 0 aromatic rings. The van der Waals surface area contributed by atoms with Crippen LogP contribution in [0.25, 0.3) is 0 Å². The third kappa shape index (κ3) is 34.5. The van der Waals surface area contributed by atoms with Gasteiger partial charge in [0, 0.05) is 6.54 Å². The van der Waals surface area contributed by atoms with Gasteiger partial charge in [-0.3, -0.25) is 13.8 Å². The predicted octanol–water partition coefficient (Wildman–Crippen LogP) is 10.4. The lowest BCUT2D eigenvalue weighted by Crippen LogP contribution is -2.47. The number of aliphatic hydroxyl groups excluding tert-OH is 2. The minimum absolute atomic E-state index is 0.0624. The lowest BCUT2D eigenvalue weighted by Gasteiger charge is -2.25. The van der Waals surface area contributed by atoms with Crippen LogP contribution < -0.4 is 11.1 Å². The Morgan fingerprint density at radius 3 is 1.34 bits per heavy atom. The highest BCUT2D eigenvalue weighted by Crippen LogP contribution is 2.43. The Morgan fingerprint density at radius 2 is 0.960 bits per heavy atom. The second kappa shape index (κ2) is 36.8. The molecule has 0 aromatic carbocycles. The van der Waals surface area contributed by atoms with Gasteiger partial charge in [-0.05, 0) is 12.8 Å². The molecule has 0 heterocycles. The molecule has 1 amide bonds. The van der Waals surface area contributed by atoms with Gasteiger partial charge in [-0.25, -0.2) is 4.57 Å². The monoisotopic (exact) mass is 735 g/mol. The molecule has 0 spiro atoms. The van der Waals surface area contributed by atoms with Gasteiger partial charge in [0.05, 0.1) is 37.9 Å². The molecule has 0 fully saturated rings. The molecule has 0 aliphatic rings. The number of phosphoric acid groups is 1. The summed E-state index contributed by atoms with van der Waals surface area (Å²) in [6.07, 6.45) is 34.3. The Labute approximate surface area is 308 Å². The molecule has 0 aliphatic heterocycles. The number of aliphatic hydroxyl groups is 2. The van der Waals surface area contributed by atoms with E-state index in [4.69, 9.17) is 14.8 Å². The normalized spacial score (nSPS) is 14.8. The third-order valence-corrected chi connectivity index (χ3v) is 10.7. The third-order valence-electron chi connectivity index (χ3n) is 9.77. The van der Waals surface area contributed by atoms with Gasteiger partial charge in [0.15, 0.2) is 0 Å². The number of rotatable bonds is 40. The zero-order valence-corrected chi connectivity index (χ0v) is 33.7. The number of nitrogens with one attached hydrogen (secondary N) is 1. The summed E-state index contributed by atoms with van der Waals surface area (Å²) < 4.78 is 22.1. The Bertz CT molecular complexity index is 776. The summed E-state index contributed by atoms with van der Waals surface area (Å²) in [7, 11) is -4.36. The van der Waals surface area contributed by atoms with Crippen LogP contribution in [-0.2, 0) is 18.4 Å². The van der Waals surface area contributed by atoms with E-state index in [0.717, 1.165) is 38.5 Å². The fourth-order valence-electron chi connectivity index (χ4n) is 6.53. The molecule has 0 aromatic heterocycles. The van der Waals surface area contributed by atoms with E-state index in [1.54, 1.807) is 0 Å². The molecule has 4 unspecified atom stereocenters. The van der Waals surface area contributed by atoms with E-state index in [9.17, 15) is 24.5 Å². The number of phosphoric ester groups is 1. The first kappa shape index (κ1) is 49.5. The molecule has 4 atom stereocenters. The van der Waals surface area contributed by atoms with Crippen molar-refractivity contribution in [2.24, 2.45) is 5.73 Å². The van der Waals surface area contributed by atoms with E-state index in [2.05, 4.69) is 19.2 Å². The first-order valence-electron chi connectivity index (χ1n) is 21.2. The average Bonchev–Trinajstić information content (AvgIpc) is 3.09. The highest BCUT2D eigenvalue weighted by Gasteiger charge is 2.28. The summed E-state index contributed by atoms with van der Waals surface area (Å²) in [5.41, 5.74) is 5.36. The second-order valence-corrected chi connectivity index (χ2v) is 16.2. The van der Waals surface area contributed by atoms with Gasteiger partial charge >= 0.3 is 7.82 Å². The van der Waals surface area contributed by atoms with Gasteiger partial charge in [0.1, 0.15) is 0 Å². The van der Waals surface area contributed by atoms with Crippen LogP contribution in [0, 0.1) is 0 Å². The molecule has 50 heavy (non-hydrogen) atoms. The summed E-state index contributed by atoms with van der Waals surface area (Å²) >= 11 is 0. The van der Waals surface area contributed by atoms with Crippen molar-refractivity contribution < 1.29 is 33.5 Å². The predicted molar refractivity (Wildman–Crippen MR) is 209 cm³/mol. The van der Waals surface area contributed by atoms with E-state index in [1.165, 1.54) is 141 Å². The zero-order chi connectivity index (χ0) is 37.0. The fourth-order valence-corrected chi connectivity index (χ4v) is 7.29. The van der Waals surface area contributed by atoms with Gasteiger partial charge in [0.25, 0.3) is 0 Å². The lowest BCUT2D eigenvalue weighted by atomic mass is 10.0. The van der Waals surface area contributed by atoms with Crippen molar-refractivity contribution in [3.63, 3.8) is 0 Å². The average molecular weight is 735 g/mol. The minimum Gasteiger partial charge on any atom is -0.393 e. The van der Waals surface area contributed by atoms with Crippen molar-refractivity contribution in [3.8, 4) is 0 Å². The highest BCUT2D eigenvalue weighted by atomic mass is 31.2. The molecule has 0 bridgehead atoms. The van der Waals surface area contributed by atoms with E-state index < -0.39 is 32.0 Å². The Kier molecular flexibility index (Phi) is 36.4. The number of unbranched alkanes of at least 4 members (excludes halogenated alkanes) is 26. The Morgan fingerprint density at radius 1 is 0.600 bits per heavy atom. The summed E-state index contributed by atoms with van der Waals surface area (Å²) in [4.78, 5) is 22.7. The standard InChI is InChI=1S/C40H83N2O7P/c1-3-5-7-9-11-13-15-16-17-18-19-20-22-23-25-27-29-31-37(43)35-40(45)42-38(36-49-50(46,47)48-34-33-41)39(44)32-30-28-26-24-21-14-12-10-8-6-4-2/h37-39,43-44H,3-36,41H2,1-2H3,(H,42,45)(H,46,47). The van der Waals surface area contributed by atoms with Crippen LogP contribution in [0.1, 0.15) is 213 Å². The quantitative estimate of drug-likeness (QED) is 0.0308. The summed E-state index contributed by atoms with van der Waals surface area (Å²) in [6.45, 7) is 4.05. The number of amides is 1. The molecule has 0 rings (SSSR count). The molecule has 0 saturated heterocycles. The maximum Gasteiger partial charge on any atom is 0.472 e. The van der Waals surface area contributed by atoms with Crippen molar-refractivity contribution in [1.29, 1.82) is 0 Å². The van der Waals surface area contributed by atoms with Gasteiger partial charge in [-0.2, -0.15) is 0 Å². The van der Waals surface area contributed by atoms with Crippen molar-refractivity contribution in [3.05, 3.63) is 0 Å². The van der Waals surface area contributed by atoms with Gasteiger partial charge in [-0.15, -0.1) is 0 Å². The van der Waals surface area contributed by atoms with Crippen LogP contribution in [0.4, 0.5) is 0 Å². The topological polar surface area (TPSA) is 151 Å². The molecular weight excluding hydrogens is 651 g/mol. The van der Waals surface area contributed by atoms with E-state index in [1.807, 2.05) is 0 Å². The van der Waals surface area contributed by atoms with Crippen LogP contribution in [-0.4, -0.2) is 59.0 Å². The molecular formula is C40H83N2O7P. The maximum absolute atomic E-state index is 12.8. The number of hydrogen-bond donors (Lipinski definition) is 5. The van der Waals surface area contributed by atoms with Crippen LogP contribution in [0.3, 0.4) is 0 Å². The number of carbonyl (C=O) groups is 1. The van der Waals surface area contributed by atoms with Gasteiger partial charge in [-0.1, -0.05) is 194 Å². The van der Waals surface area contributed by atoms with Crippen molar-refractivity contribution in [2.75, 3.05) is 19.8 Å². The smallest absolute Gasteiger partial charge is 0.393 e. The number of carbonyl (C=O) groups excluding carboxylic acids is 1. The van der Waals surface area contributed by atoms with Crippen LogP contribution >= 0.6 is 7.82 Å². The van der Waals surface area contributed by atoms with Crippen molar-refractivity contribution in [2.45, 2.75) is 231 Å². The van der Waals surface area contributed by atoms with E-state index in [0.29, 0.717) is 12.8 Å². The number of hydrogen-bond acceptors (Lipinski definition) is 7. The summed E-state index contributed by atoms with van der Waals surface area (Å²) in [6, 6.07) is -0.889. The van der Waals surface area contributed by atoms with Crippen molar-refractivity contribution in [1.82, 2.24) is 5.32 Å². The second-order valence-electron chi connectivity index (χ2n) is 14.8. The van der Waals surface area contributed by atoms with Gasteiger partial charge in [0.2, 0.25) is 5.91 Å². The minimum atomic E-state index is -4.36. The van der Waals surface area contributed by atoms with E-state index >= 15 is 0 Å². The molecule has 9 nitrogen and oxygen atoms in total. The van der Waals surface area contributed by atoms with Crippen LogP contribution in [0.15, 0.2) is 0 Å². The van der Waals surface area contributed by atoms with Crippen molar-refractivity contribution >= 4 is 13.7 Å². The Balaban J connectivity index is 4.20. The van der Waals surface area contributed by atoms with E-state index in [-0.39, 0.29) is 26.2 Å². The molecule has 10 heteroatoms. The fraction of sp³-hybridized carbons (Fsp3) is 0.975.